The van der Waals surface area contributed by atoms with E-state index < -0.39 is 0 Å². The van der Waals surface area contributed by atoms with Gasteiger partial charge in [0.2, 0.25) is 0 Å². The van der Waals surface area contributed by atoms with Gasteiger partial charge in [-0.2, -0.15) is 0 Å². The van der Waals surface area contributed by atoms with Crippen LogP contribution in [0.1, 0.15) is 12.5 Å². The first-order chi connectivity index (χ1) is 7.10. The summed E-state index contributed by atoms with van der Waals surface area (Å²) in [6.45, 7) is 1.53. The first-order valence-electron chi connectivity index (χ1n) is 4.49. The number of benzene rings is 1. The van der Waals surface area contributed by atoms with E-state index in [1.165, 1.54) is 21.1 Å². The number of carbonyl (C=O) groups is 1. The van der Waals surface area contributed by atoms with Gasteiger partial charge < -0.3 is 9.47 Å². The lowest BCUT2D eigenvalue weighted by Gasteiger charge is -2.11. The van der Waals surface area contributed by atoms with E-state index in [0.717, 1.165) is 5.56 Å². The van der Waals surface area contributed by atoms with Crippen molar-refractivity contribution >= 4 is 17.4 Å². The topological polar surface area (TPSA) is 35.5 Å². The number of hydrogen-bond acceptors (Lipinski definition) is 3. The predicted octanol–water partition coefficient (Wildman–Crippen LogP) is 2.49. The zero-order valence-corrected chi connectivity index (χ0v) is 9.72. The monoisotopic (exact) mass is 228 g/mol. The molecule has 15 heavy (non-hydrogen) atoms. The van der Waals surface area contributed by atoms with Crippen molar-refractivity contribution < 1.29 is 14.3 Å². The molecule has 0 saturated heterocycles. The Bertz CT molecular complexity index is 374. The van der Waals surface area contributed by atoms with E-state index in [0.29, 0.717) is 22.9 Å². The molecule has 3 nitrogen and oxygen atoms in total. The van der Waals surface area contributed by atoms with E-state index >= 15 is 0 Å². The molecular weight excluding hydrogens is 216 g/mol. The molecule has 4 heteroatoms. The number of carbonyl (C=O) groups excluding carboxylic acids is 1. The van der Waals surface area contributed by atoms with Crippen LogP contribution in [0.2, 0.25) is 5.02 Å². The molecular formula is C11H13ClO3. The first kappa shape index (κ1) is 11.9. The van der Waals surface area contributed by atoms with Crippen LogP contribution < -0.4 is 9.47 Å². The number of rotatable bonds is 4. The zero-order chi connectivity index (χ0) is 11.4. The number of ketones is 1. The molecule has 0 aromatic heterocycles. The molecule has 0 amide bonds. The van der Waals surface area contributed by atoms with Gasteiger partial charge in [-0.3, -0.25) is 4.79 Å². The Kier molecular flexibility index (Phi) is 3.97. The fraction of sp³-hybridized carbons (Fsp3) is 0.364. The van der Waals surface area contributed by atoms with Gasteiger partial charge in [-0.25, -0.2) is 0 Å². The minimum atomic E-state index is 0.0644. The average molecular weight is 229 g/mol. The van der Waals surface area contributed by atoms with Crippen LogP contribution in [0.5, 0.6) is 11.5 Å². The fourth-order valence-electron chi connectivity index (χ4n) is 1.36. The summed E-state index contributed by atoms with van der Waals surface area (Å²) in [5.74, 6) is 1.11. The third kappa shape index (κ3) is 2.63. The standard InChI is InChI=1S/C11H13ClO3/c1-7(13)6-8-4-5-9(14-2)10(12)11(8)15-3/h4-5H,6H2,1-3H3. The highest BCUT2D eigenvalue weighted by Gasteiger charge is 2.13. The van der Waals surface area contributed by atoms with Crippen molar-refractivity contribution in [2.75, 3.05) is 14.2 Å². The molecule has 0 unspecified atom stereocenters. The minimum absolute atomic E-state index is 0.0644. The van der Waals surface area contributed by atoms with Crippen LogP contribution in [0.25, 0.3) is 0 Å². The van der Waals surface area contributed by atoms with Gasteiger partial charge in [0.25, 0.3) is 0 Å². The number of halogens is 1. The lowest BCUT2D eigenvalue weighted by atomic mass is 10.1. The Morgan fingerprint density at radius 3 is 2.47 bits per heavy atom. The van der Waals surface area contributed by atoms with E-state index in [1.807, 2.05) is 0 Å². The maximum atomic E-state index is 11.0. The van der Waals surface area contributed by atoms with Crippen molar-refractivity contribution in [2.24, 2.45) is 0 Å². The van der Waals surface area contributed by atoms with Crippen LogP contribution in [-0.2, 0) is 11.2 Å². The highest BCUT2D eigenvalue weighted by atomic mass is 35.5. The van der Waals surface area contributed by atoms with Crippen LogP contribution in [0, 0.1) is 0 Å². The van der Waals surface area contributed by atoms with E-state index in [4.69, 9.17) is 21.1 Å². The Morgan fingerprint density at radius 2 is 2.00 bits per heavy atom. The van der Waals surface area contributed by atoms with Crippen LogP contribution in [0.3, 0.4) is 0 Å². The smallest absolute Gasteiger partial charge is 0.144 e. The van der Waals surface area contributed by atoms with E-state index in [2.05, 4.69) is 0 Å². The van der Waals surface area contributed by atoms with Gasteiger partial charge in [-0.1, -0.05) is 17.7 Å². The van der Waals surface area contributed by atoms with Crippen LogP contribution in [0.4, 0.5) is 0 Å². The van der Waals surface area contributed by atoms with Crippen molar-refractivity contribution in [2.45, 2.75) is 13.3 Å². The summed E-state index contributed by atoms with van der Waals surface area (Å²) in [4.78, 5) is 11.0. The summed E-state index contributed by atoms with van der Waals surface area (Å²) >= 11 is 6.04. The summed E-state index contributed by atoms with van der Waals surface area (Å²) in [7, 11) is 3.05. The lowest BCUT2D eigenvalue weighted by Crippen LogP contribution is -2.00. The third-order valence-corrected chi connectivity index (χ3v) is 2.36. The second-order valence-corrected chi connectivity index (χ2v) is 3.53. The highest BCUT2D eigenvalue weighted by molar-refractivity contribution is 6.33. The second-order valence-electron chi connectivity index (χ2n) is 3.15. The van der Waals surface area contributed by atoms with Gasteiger partial charge in [-0.05, 0) is 13.0 Å². The van der Waals surface area contributed by atoms with Crippen molar-refractivity contribution in [3.05, 3.63) is 22.7 Å². The van der Waals surface area contributed by atoms with Gasteiger partial charge in [0.1, 0.15) is 22.3 Å². The number of ether oxygens (including phenoxy) is 2. The third-order valence-electron chi connectivity index (χ3n) is 2.01. The molecule has 0 bridgehead atoms. The zero-order valence-electron chi connectivity index (χ0n) is 8.96. The Balaban J connectivity index is 3.18. The summed E-state index contributed by atoms with van der Waals surface area (Å²) < 4.78 is 10.2. The van der Waals surface area contributed by atoms with Gasteiger partial charge in [0.05, 0.1) is 14.2 Å². The first-order valence-corrected chi connectivity index (χ1v) is 4.86. The predicted molar refractivity (Wildman–Crippen MR) is 58.9 cm³/mol. The van der Waals surface area contributed by atoms with E-state index in [1.54, 1.807) is 12.1 Å². The van der Waals surface area contributed by atoms with Crippen molar-refractivity contribution in [3.63, 3.8) is 0 Å². The van der Waals surface area contributed by atoms with Gasteiger partial charge >= 0.3 is 0 Å². The van der Waals surface area contributed by atoms with Crippen molar-refractivity contribution in [1.82, 2.24) is 0 Å². The summed E-state index contributed by atoms with van der Waals surface area (Å²) in [5, 5.41) is 0.402. The van der Waals surface area contributed by atoms with Crippen LogP contribution >= 0.6 is 11.6 Å². The molecule has 1 aromatic carbocycles. The Hall–Kier alpha value is -1.22. The number of Topliss-reactive ketones (excluding diaryl/α,β-unsaturated/α-hetero) is 1. The molecule has 0 radical (unpaired) electrons. The van der Waals surface area contributed by atoms with Crippen LogP contribution in [-0.4, -0.2) is 20.0 Å². The largest absolute Gasteiger partial charge is 0.495 e. The minimum Gasteiger partial charge on any atom is -0.495 e. The molecule has 0 saturated carbocycles. The lowest BCUT2D eigenvalue weighted by molar-refractivity contribution is -0.116. The second kappa shape index (κ2) is 5.03. The quantitative estimate of drug-likeness (QED) is 0.794. The van der Waals surface area contributed by atoms with E-state index in [-0.39, 0.29) is 5.78 Å². The van der Waals surface area contributed by atoms with Crippen molar-refractivity contribution in [3.8, 4) is 11.5 Å². The molecule has 0 spiro atoms. The van der Waals surface area contributed by atoms with E-state index in [9.17, 15) is 4.79 Å². The van der Waals surface area contributed by atoms with Crippen molar-refractivity contribution in [1.29, 1.82) is 0 Å². The molecule has 0 aliphatic heterocycles. The summed E-state index contributed by atoms with van der Waals surface area (Å²) in [5.41, 5.74) is 0.774. The van der Waals surface area contributed by atoms with Gasteiger partial charge in [0, 0.05) is 12.0 Å². The molecule has 0 N–H and O–H groups in total. The highest BCUT2D eigenvalue weighted by Crippen LogP contribution is 2.36. The SMILES string of the molecule is COc1ccc(CC(C)=O)c(OC)c1Cl. The average Bonchev–Trinajstić information content (AvgIpc) is 2.18. The molecule has 0 aliphatic carbocycles. The molecule has 0 fully saturated rings. The molecule has 0 atom stereocenters. The normalized spacial score (nSPS) is 9.87. The summed E-state index contributed by atoms with van der Waals surface area (Å²) in [6, 6.07) is 3.51. The van der Waals surface area contributed by atoms with Crippen LogP contribution in [0.15, 0.2) is 12.1 Å². The Labute approximate surface area is 93.9 Å². The molecule has 82 valence electrons. The molecule has 1 rings (SSSR count). The fourth-order valence-corrected chi connectivity index (χ4v) is 1.70. The Morgan fingerprint density at radius 1 is 1.33 bits per heavy atom. The molecule has 1 aromatic rings. The molecule has 0 heterocycles. The summed E-state index contributed by atoms with van der Waals surface area (Å²) in [6.07, 6.45) is 0.312. The maximum Gasteiger partial charge on any atom is 0.144 e. The molecule has 0 aliphatic rings. The number of hydrogen-bond donors (Lipinski definition) is 0. The van der Waals surface area contributed by atoms with Gasteiger partial charge in [0.15, 0.2) is 0 Å². The van der Waals surface area contributed by atoms with Gasteiger partial charge in [-0.15, -0.1) is 0 Å². The number of methoxy groups -OCH3 is 2. The maximum absolute atomic E-state index is 11.0.